The molecule has 1 unspecified atom stereocenters. The molecule has 0 aliphatic rings. The van der Waals surface area contributed by atoms with Crippen molar-refractivity contribution in [2.24, 2.45) is 11.5 Å². The van der Waals surface area contributed by atoms with E-state index in [-0.39, 0.29) is 5.92 Å². The van der Waals surface area contributed by atoms with Crippen LogP contribution in [0.5, 0.6) is 0 Å². The molecule has 4 N–H and O–H groups in total. The molecule has 414 valence electrons. The molecule has 0 bridgehead atoms. The zero-order valence-electron chi connectivity index (χ0n) is 50.9. The molecule has 7 aromatic rings. The van der Waals surface area contributed by atoms with Gasteiger partial charge in [-0.25, -0.2) is 0 Å². The fourth-order valence-corrected chi connectivity index (χ4v) is 8.78. The van der Waals surface area contributed by atoms with E-state index in [9.17, 15) is 0 Å². The summed E-state index contributed by atoms with van der Waals surface area (Å²) < 4.78 is 0. The van der Waals surface area contributed by atoms with Crippen LogP contribution in [-0.4, -0.2) is 6.54 Å². The molecule has 7 rings (SSSR count). The number of hydrogen-bond acceptors (Lipinski definition) is 2. The van der Waals surface area contributed by atoms with Crippen molar-refractivity contribution >= 4 is 44.5 Å². The van der Waals surface area contributed by atoms with Gasteiger partial charge in [-0.15, -0.1) is 12.8 Å². The molecular weight excluding hydrogens is 953 g/mol. The van der Waals surface area contributed by atoms with Crippen molar-refractivity contribution in [3.63, 3.8) is 0 Å². The van der Waals surface area contributed by atoms with E-state index in [1.807, 2.05) is 66.7 Å². The van der Waals surface area contributed by atoms with Crippen LogP contribution in [0.25, 0.3) is 55.6 Å². The van der Waals surface area contributed by atoms with Crippen molar-refractivity contribution in [1.29, 1.82) is 0 Å². The SMILES string of the molecule is C#C.C/C=C(C)/C=C(CC)/C(N)=C/C(C)c1cc2ccccc2c2ccccc12.C=C/C=C(C=C)/C=C(CN)/C(C)=C/Cc1cc(C=C)c(/C=C\C)c2ccccc12.CC.CC.CC.CCc1ccc(-c2ccc(C)cc2)cc1. The van der Waals surface area contributed by atoms with Gasteiger partial charge in [-0.1, -0.05) is 293 Å². The van der Waals surface area contributed by atoms with Gasteiger partial charge >= 0.3 is 0 Å². The third kappa shape index (κ3) is 21.1. The molecule has 1 atom stereocenters. The van der Waals surface area contributed by atoms with Crippen LogP contribution >= 0.6 is 0 Å². The summed E-state index contributed by atoms with van der Waals surface area (Å²) in [6.07, 6.45) is 33.4. The molecule has 0 saturated heterocycles. The van der Waals surface area contributed by atoms with Crippen molar-refractivity contribution in [2.45, 2.75) is 122 Å². The van der Waals surface area contributed by atoms with E-state index in [4.69, 9.17) is 11.5 Å². The van der Waals surface area contributed by atoms with Gasteiger partial charge in [0.2, 0.25) is 0 Å². The summed E-state index contributed by atoms with van der Waals surface area (Å²) in [5.41, 5.74) is 29.4. The minimum atomic E-state index is 0.236. The monoisotopic (exact) mass is 1050 g/mol. The van der Waals surface area contributed by atoms with E-state index in [1.54, 1.807) is 6.08 Å². The van der Waals surface area contributed by atoms with Gasteiger partial charge in [-0.05, 0) is 148 Å². The van der Waals surface area contributed by atoms with Crippen molar-refractivity contribution < 1.29 is 0 Å². The molecule has 0 aliphatic heterocycles. The van der Waals surface area contributed by atoms with Gasteiger partial charge in [0.25, 0.3) is 0 Å². The van der Waals surface area contributed by atoms with E-state index < -0.39 is 0 Å². The van der Waals surface area contributed by atoms with E-state index >= 15 is 0 Å². The molecule has 0 amide bonds. The Morgan fingerprint density at radius 3 is 1.72 bits per heavy atom. The quantitative estimate of drug-likeness (QED) is 0.0576. The lowest BCUT2D eigenvalue weighted by atomic mass is 9.89. The van der Waals surface area contributed by atoms with Gasteiger partial charge in [-0.2, -0.15) is 0 Å². The predicted octanol–water partition coefficient (Wildman–Crippen LogP) is 22.0. The summed E-state index contributed by atoms with van der Waals surface area (Å²) >= 11 is 0. The zero-order valence-corrected chi connectivity index (χ0v) is 50.9. The molecule has 2 nitrogen and oxygen atoms in total. The molecule has 0 aliphatic carbocycles. The number of aryl methyl sites for hydroxylation is 2. The summed E-state index contributed by atoms with van der Waals surface area (Å²) in [6, 6.07) is 47.9. The van der Waals surface area contributed by atoms with E-state index in [0.29, 0.717) is 6.54 Å². The van der Waals surface area contributed by atoms with E-state index in [1.165, 1.54) is 88.0 Å². The lowest BCUT2D eigenvalue weighted by Gasteiger charge is -2.16. The topological polar surface area (TPSA) is 52.0 Å². The Bertz CT molecular complexity index is 3210. The maximum absolute atomic E-state index is 6.49. The fourth-order valence-electron chi connectivity index (χ4n) is 8.78. The highest BCUT2D eigenvalue weighted by Gasteiger charge is 2.13. The largest absolute Gasteiger partial charge is 0.399 e. The number of fused-ring (bicyclic) bond motifs is 4. The molecular formula is C77H96N2. The van der Waals surface area contributed by atoms with Gasteiger partial charge < -0.3 is 11.5 Å². The van der Waals surface area contributed by atoms with Crippen LogP contribution in [0.2, 0.25) is 0 Å². The molecule has 2 heteroatoms. The van der Waals surface area contributed by atoms with E-state index in [0.717, 1.165) is 41.7 Å². The molecule has 0 aromatic heterocycles. The normalized spacial score (nSPS) is 12.1. The van der Waals surface area contributed by atoms with Gasteiger partial charge in [0.05, 0.1) is 0 Å². The van der Waals surface area contributed by atoms with Crippen molar-refractivity contribution in [3.05, 3.63) is 275 Å². The van der Waals surface area contributed by atoms with Crippen LogP contribution in [0.1, 0.15) is 136 Å². The Morgan fingerprint density at radius 2 is 1.20 bits per heavy atom. The van der Waals surface area contributed by atoms with Crippen molar-refractivity contribution in [2.75, 3.05) is 6.54 Å². The lowest BCUT2D eigenvalue weighted by Crippen LogP contribution is -2.05. The molecule has 0 heterocycles. The Labute approximate surface area is 480 Å². The number of nitrogens with two attached hydrogens (primary N) is 2. The van der Waals surface area contributed by atoms with Crippen LogP contribution in [0, 0.1) is 19.8 Å². The smallest absolute Gasteiger partial charge is 0.0312 e. The highest BCUT2D eigenvalue weighted by molar-refractivity contribution is 6.09. The summed E-state index contributed by atoms with van der Waals surface area (Å²) in [5, 5.41) is 7.72. The number of terminal acetylenes is 1. The molecule has 79 heavy (non-hydrogen) atoms. The highest BCUT2D eigenvalue weighted by atomic mass is 14.6. The number of rotatable bonds is 16. The first-order chi connectivity index (χ1) is 38.4. The second-order valence-corrected chi connectivity index (χ2v) is 18.0. The number of allylic oxidation sites excluding steroid dienone is 12. The molecule has 0 radical (unpaired) electrons. The maximum Gasteiger partial charge on any atom is 0.0312 e. The third-order valence-electron chi connectivity index (χ3n) is 13.1. The Balaban J connectivity index is 0.000000577. The maximum atomic E-state index is 6.49. The lowest BCUT2D eigenvalue weighted by molar-refractivity contribution is 0.952. The minimum Gasteiger partial charge on any atom is -0.399 e. The summed E-state index contributed by atoms with van der Waals surface area (Å²) in [5.74, 6) is 0.236. The number of hydrogen-bond donors (Lipinski definition) is 2. The number of benzene rings is 7. The summed E-state index contributed by atoms with van der Waals surface area (Å²) in [4.78, 5) is 0. The third-order valence-corrected chi connectivity index (χ3v) is 13.1. The van der Waals surface area contributed by atoms with Crippen LogP contribution < -0.4 is 11.5 Å². The van der Waals surface area contributed by atoms with E-state index in [2.05, 4.69) is 257 Å². The second kappa shape index (κ2) is 39.4. The first kappa shape index (κ1) is 69.1. The first-order valence-electron chi connectivity index (χ1n) is 28.5. The molecule has 7 aromatic carbocycles. The first-order valence-corrected chi connectivity index (χ1v) is 28.5. The predicted molar refractivity (Wildman–Crippen MR) is 362 cm³/mol. The second-order valence-electron chi connectivity index (χ2n) is 18.0. The summed E-state index contributed by atoms with van der Waals surface area (Å²) in [6.45, 7) is 41.1. The molecule has 0 saturated carbocycles. The van der Waals surface area contributed by atoms with Crippen LogP contribution in [0.15, 0.2) is 241 Å². The Kier molecular flexibility index (Phi) is 34.4. The zero-order chi connectivity index (χ0) is 59.3. The summed E-state index contributed by atoms with van der Waals surface area (Å²) in [7, 11) is 0. The average Bonchev–Trinajstić information content (AvgIpc) is 3.51. The van der Waals surface area contributed by atoms with Gasteiger partial charge in [-0.3, -0.25) is 0 Å². The standard InChI is InChI=1S/C28H31N.C26H29N.C15H16.3C2H6.C2H2/c1-6-12-22(8-3)18-25(20-29)21(5)16-17-24-19-23(9-4)26(13-7-2)28-15-11-10-14-27(24)28;1-5-18(3)15-20(6-2)26(27)16-19(4)25-17-21-11-7-8-12-22(21)23-13-9-10-14-24(23)25;1-3-13-6-10-15(11-7-13)14-8-4-12(2)5-9-14;4*1-2/h6-16,18-19H,1,3-4,17,20,29H2,2,5H3;5,7-17,19H,6,27H2,1-4H3;4-11H,3H2,1-2H3;3*1-2H3;1-2H/b13-7-,21-16+,22-12+,25-18+;18-5+,20-15+,26-16-;;;;;. The van der Waals surface area contributed by atoms with Gasteiger partial charge in [0, 0.05) is 18.2 Å². The minimum absolute atomic E-state index is 0.236. The Morgan fingerprint density at radius 1 is 0.658 bits per heavy atom. The van der Waals surface area contributed by atoms with Crippen LogP contribution in [-0.2, 0) is 12.8 Å². The highest BCUT2D eigenvalue weighted by Crippen LogP contribution is 2.34. The van der Waals surface area contributed by atoms with Gasteiger partial charge in [0.1, 0.15) is 0 Å². The van der Waals surface area contributed by atoms with Crippen LogP contribution in [0.4, 0.5) is 0 Å². The van der Waals surface area contributed by atoms with Gasteiger partial charge in [0.15, 0.2) is 0 Å². The molecule has 0 fully saturated rings. The fraction of sp³-hybridized carbons (Fsp3) is 0.247. The van der Waals surface area contributed by atoms with Crippen LogP contribution in [0.3, 0.4) is 0 Å². The average molecular weight is 1050 g/mol. The Hall–Kier alpha value is -7.96. The molecule has 0 spiro atoms. The van der Waals surface area contributed by atoms with Crippen molar-refractivity contribution in [1.82, 2.24) is 0 Å². The van der Waals surface area contributed by atoms with Crippen molar-refractivity contribution in [3.8, 4) is 24.0 Å².